The summed E-state index contributed by atoms with van der Waals surface area (Å²) in [5.41, 5.74) is 3.23. The first-order chi connectivity index (χ1) is 14.2. The van der Waals surface area contributed by atoms with Gasteiger partial charge in [0.1, 0.15) is 17.2 Å². The second-order valence-corrected chi connectivity index (χ2v) is 7.05. The molecule has 1 amide bonds. The van der Waals surface area contributed by atoms with Crippen molar-refractivity contribution in [3.05, 3.63) is 83.9 Å². The number of rotatable bonds is 6. The minimum absolute atomic E-state index is 0.0277. The Bertz CT molecular complexity index is 957. The third-order valence-corrected chi connectivity index (χ3v) is 5.01. The molecule has 148 valence electrons. The summed E-state index contributed by atoms with van der Waals surface area (Å²) in [5, 5.41) is 2.97. The molecule has 3 aromatic carbocycles. The number of nitrogens with one attached hydrogen (secondary N) is 1. The number of carbonyl (C=O) groups is 1. The van der Waals surface area contributed by atoms with Gasteiger partial charge < -0.3 is 14.8 Å². The van der Waals surface area contributed by atoms with Gasteiger partial charge in [-0.25, -0.2) is 0 Å². The molecule has 0 aromatic heterocycles. The largest absolute Gasteiger partial charge is 0.496 e. The molecule has 3 aromatic rings. The van der Waals surface area contributed by atoms with E-state index in [1.54, 1.807) is 7.11 Å². The highest BCUT2D eigenvalue weighted by Gasteiger charge is 2.21. The van der Waals surface area contributed by atoms with Crippen LogP contribution >= 0.6 is 0 Å². The standard InChI is InChI=1S/C24H24N2O3/c1-28-23-9-5-6-18-14-15-26(16-22(18)23)17-24(27)25-19-10-12-21(13-11-19)29-20-7-3-2-4-8-20/h2-13H,14-17H2,1H3,(H,25,27). The third-order valence-electron chi connectivity index (χ3n) is 5.01. The molecular formula is C24H24N2O3. The number of hydrogen-bond donors (Lipinski definition) is 1. The number of methoxy groups -OCH3 is 1. The van der Waals surface area contributed by atoms with Crippen LogP contribution in [0.5, 0.6) is 17.2 Å². The lowest BCUT2D eigenvalue weighted by Crippen LogP contribution is -2.37. The quantitative estimate of drug-likeness (QED) is 0.676. The van der Waals surface area contributed by atoms with E-state index in [2.05, 4.69) is 16.3 Å². The number of nitrogens with zero attached hydrogens (tertiary/aromatic N) is 1. The number of amides is 1. The van der Waals surface area contributed by atoms with Crippen LogP contribution < -0.4 is 14.8 Å². The van der Waals surface area contributed by atoms with E-state index in [0.717, 1.165) is 42.4 Å². The molecule has 0 saturated heterocycles. The van der Waals surface area contributed by atoms with Gasteiger partial charge in [0.2, 0.25) is 5.91 Å². The minimum Gasteiger partial charge on any atom is -0.496 e. The first-order valence-electron chi connectivity index (χ1n) is 9.71. The van der Waals surface area contributed by atoms with Crippen LogP contribution in [0, 0.1) is 0 Å². The SMILES string of the molecule is COc1cccc2c1CN(CC(=O)Nc1ccc(Oc3ccccc3)cc1)CC2. The maximum Gasteiger partial charge on any atom is 0.238 e. The van der Waals surface area contributed by atoms with Gasteiger partial charge in [-0.05, 0) is 54.4 Å². The number of ether oxygens (including phenoxy) is 2. The topological polar surface area (TPSA) is 50.8 Å². The van der Waals surface area contributed by atoms with Crippen molar-refractivity contribution < 1.29 is 14.3 Å². The molecule has 0 fully saturated rings. The minimum atomic E-state index is -0.0277. The van der Waals surface area contributed by atoms with Crippen molar-refractivity contribution in [3.8, 4) is 17.2 Å². The Morgan fingerprint density at radius 3 is 2.48 bits per heavy atom. The normalized spacial score (nSPS) is 13.4. The fraction of sp³-hybridized carbons (Fsp3) is 0.208. The van der Waals surface area contributed by atoms with E-state index in [1.165, 1.54) is 11.1 Å². The van der Waals surface area contributed by atoms with Crippen molar-refractivity contribution in [1.82, 2.24) is 4.90 Å². The summed E-state index contributed by atoms with van der Waals surface area (Å²) in [6, 6.07) is 23.1. The van der Waals surface area contributed by atoms with Gasteiger partial charge in [-0.3, -0.25) is 9.69 Å². The van der Waals surface area contributed by atoms with E-state index in [-0.39, 0.29) is 5.91 Å². The van der Waals surface area contributed by atoms with Crippen molar-refractivity contribution in [2.45, 2.75) is 13.0 Å². The Morgan fingerprint density at radius 2 is 1.72 bits per heavy atom. The van der Waals surface area contributed by atoms with Crippen LogP contribution in [-0.2, 0) is 17.8 Å². The maximum absolute atomic E-state index is 12.5. The highest BCUT2D eigenvalue weighted by Crippen LogP contribution is 2.28. The third kappa shape index (κ3) is 4.76. The fourth-order valence-electron chi connectivity index (χ4n) is 3.57. The number of carbonyl (C=O) groups excluding carboxylic acids is 1. The number of anilines is 1. The second-order valence-electron chi connectivity index (χ2n) is 7.05. The van der Waals surface area contributed by atoms with Gasteiger partial charge >= 0.3 is 0 Å². The molecule has 0 radical (unpaired) electrons. The van der Waals surface area contributed by atoms with Crippen molar-refractivity contribution >= 4 is 11.6 Å². The van der Waals surface area contributed by atoms with Gasteiger partial charge in [-0.15, -0.1) is 0 Å². The summed E-state index contributed by atoms with van der Waals surface area (Å²) in [6.45, 7) is 1.92. The Hall–Kier alpha value is -3.31. The van der Waals surface area contributed by atoms with Gasteiger partial charge in [0.05, 0.1) is 13.7 Å². The first-order valence-corrected chi connectivity index (χ1v) is 9.71. The highest BCUT2D eigenvalue weighted by molar-refractivity contribution is 5.92. The monoisotopic (exact) mass is 388 g/mol. The van der Waals surface area contributed by atoms with E-state index in [4.69, 9.17) is 9.47 Å². The molecule has 1 aliphatic rings. The molecule has 0 atom stereocenters. The maximum atomic E-state index is 12.5. The summed E-state index contributed by atoms with van der Waals surface area (Å²) < 4.78 is 11.3. The average Bonchev–Trinajstić information content (AvgIpc) is 2.75. The van der Waals surface area contributed by atoms with Crippen LogP contribution in [0.1, 0.15) is 11.1 Å². The van der Waals surface area contributed by atoms with Crippen molar-refractivity contribution in [1.29, 1.82) is 0 Å². The molecule has 0 bridgehead atoms. The van der Waals surface area contributed by atoms with Crippen LogP contribution in [0.2, 0.25) is 0 Å². The van der Waals surface area contributed by atoms with Crippen molar-refractivity contribution in [3.63, 3.8) is 0 Å². The zero-order valence-corrected chi connectivity index (χ0v) is 16.4. The molecule has 4 rings (SSSR count). The van der Waals surface area contributed by atoms with Gasteiger partial charge in [0.25, 0.3) is 0 Å². The lowest BCUT2D eigenvalue weighted by atomic mass is 9.99. The lowest BCUT2D eigenvalue weighted by Gasteiger charge is -2.29. The summed E-state index contributed by atoms with van der Waals surface area (Å²) in [5.74, 6) is 2.38. The van der Waals surface area contributed by atoms with E-state index < -0.39 is 0 Å². The van der Waals surface area contributed by atoms with Crippen LogP contribution in [0.4, 0.5) is 5.69 Å². The Morgan fingerprint density at radius 1 is 0.966 bits per heavy atom. The fourth-order valence-corrected chi connectivity index (χ4v) is 3.57. The predicted molar refractivity (Wildman–Crippen MR) is 114 cm³/mol. The smallest absolute Gasteiger partial charge is 0.238 e. The van der Waals surface area contributed by atoms with E-state index in [9.17, 15) is 4.79 Å². The molecular weight excluding hydrogens is 364 g/mol. The van der Waals surface area contributed by atoms with Gasteiger partial charge in [0, 0.05) is 24.3 Å². The highest BCUT2D eigenvalue weighted by atomic mass is 16.5. The molecule has 0 unspecified atom stereocenters. The van der Waals surface area contributed by atoms with E-state index >= 15 is 0 Å². The molecule has 5 heteroatoms. The summed E-state index contributed by atoms with van der Waals surface area (Å²) in [4.78, 5) is 14.7. The van der Waals surface area contributed by atoms with E-state index in [1.807, 2.05) is 66.7 Å². The molecule has 1 N–H and O–H groups in total. The van der Waals surface area contributed by atoms with Gasteiger partial charge in [0.15, 0.2) is 0 Å². The summed E-state index contributed by atoms with van der Waals surface area (Å²) in [6.07, 6.45) is 0.922. The summed E-state index contributed by atoms with van der Waals surface area (Å²) in [7, 11) is 1.69. The van der Waals surface area contributed by atoms with Gasteiger partial charge in [-0.2, -0.15) is 0 Å². The number of fused-ring (bicyclic) bond motifs is 1. The lowest BCUT2D eigenvalue weighted by molar-refractivity contribution is -0.117. The molecule has 0 saturated carbocycles. The molecule has 0 aliphatic carbocycles. The van der Waals surface area contributed by atoms with Crippen molar-refractivity contribution in [2.24, 2.45) is 0 Å². The van der Waals surface area contributed by atoms with Crippen LogP contribution in [0.15, 0.2) is 72.8 Å². The Balaban J connectivity index is 1.33. The number of hydrogen-bond acceptors (Lipinski definition) is 4. The summed E-state index contributed by atoms with van der Waals surface area (Å²) >= 11 is 0. The number of benzene rings is 3. The first kappa shape index (κ1) is 19.0. The Labute approximate surface area is 170 Å². The second kappa shape index (κ2) is 8.80. The zero-order chi connectivity index (χ0) is 20.1. The molecule has 1 aliphatic heterocycles. The average molecular weight is 388 g/mol. The molecule has 5 nitrogen and oxygen atoms in total. The Kier molecular flexibility index (Phi) is 5.77. The predicted octanol–water partition coefficient (Wildman–Crippen LogP) is 4.48. The van der Waals surface area contributed by atoms with E-state index in [0.29, 0.717) is 6.54 Å². The molecule has 1 heterocycles. The van der Waals surface area contributed by atoms with Crippen LogP contribution in [0.25, 0.3) is 0 Å². The molecule has 29 heavy (non-hydrogen) atoms. The number of para-hydroxylation sites is 1. The zero-order valence-electron chi connectivity index (χ0n) is 16.4. The van der Waals surface area contributed by atoms with Gasteiger partial charge in [-0.1, -0.05) is 30.3 Å². The molecule has 0 spiro atoms. The van der Waals surface area contributed by atoms with Crippen LogP contribution in [-0.4, -0.2) is 31.0 Å². The van der Waals surface area contributed by atoms with Crippen LogP contribution in [0.3, 0.4) is 0 Å². The van der Waals surface area contributed by atoms with Crippen molar-refractivity contribution in [2.75, 3.05) is 25.5 Å².